The van der Waals surface area contributed by atoms with Crippen molar-refractivity contribution in [2.24, 2.45) is 0 Å². The Hall–Kier alpha value is -2.63. The molecule has 21 heavy (non-hydrogen) atoms. The minimum Gasteiger partial charge on any atom is -0.454 e. The minimum absolute atomic E-state index is 0.0234. The molecule has 0 saturated heterocycles. The third-order valence-electron chi connectivity index (χ3n) is 3.03. The highest BCUT2D eigenvalue weighted by Crippen LogP contribution is 2.32. The van der Waals surface area contributed by atoms with Gasteiger partial charge in [0.2, 0.25) is 12.7 Å². The Morgan fingerprint density at radius 3 is 2.57 bits per heavy atom. The van der Waals surface area contributed by atoms with Crippen LogP contribution in [0.3, 0.4) is 0 Å². The molecule has 0 aromatic heterocycles. The largest absolute Gasteiger partial charge is 0.454 e. The van der Waals surface area contributed by atoms with Gasteiger partial charge in [-0.1, -0.05) is 12.1 Å². The second kappa shape index (κ2) is 5.40. The second-order valence-corrected chi connectivity index (χ2v) is 4.51. The number of ether oxygens (including phenoxy) is 2. The molecule has 0 saturated carbocycles. The summed E-state index contributed by atoms with van der Waals surface area (Å²) in [5, 5.41) is 2.23. The van der Waals surface area contributed by atoms with Crippen molar-refractivity contribution in [3.8, 4) is 11.5 Å². The van der Waals surface area contributed by atoms with Crippen molar-refractivity contribution in [2.75, 3.05) is 12.1 Å². The molecule has 1 amide bonds. The Balaban J connectivity index is 1.72. The molecule has 2 aromatic carbocycles. The molecule has 1 N–H and O–H groups in total. The van der Waals surface area contributed by atoms with E-state index in [0.717, 1.165) is 12.1 Å². The number of rotatable bonds is 3. The molecule has 0 bridgehead atoms. The quantitative estimate of drug-likeness (QED) is 0.946. The lowest BCUT2D eigenvalue weighted by Crippen LogP contribution is -2.16. The predicted octanol–water partition coefficient (Wildman–Crippen LogP) is 2.87. The first-order valence-corrected chi connectivity index (χ1v) is 6.26. The zero-order chi connectivity index (χ0) is 14.8. The standard InChI is InChI=1S/C15H11F2NO3/c16-10-2-1-3-11(17)15(10)18-14(19)7-9-4-5-12-13(6-9)21-8-20-12/h1-6H,7-8H2,(H,18,19). The first-order chi connectivity index (χ1) is 10.1. The van der Waals surface area contributed by atoms with Crippen molar-refractivity contribution in [1.82, 2.24) is 0 Å². The van der Waals surface area contributed by atoms with Crippen LogP contribution in [-0.2, 0) is 11.2 Å². The van der Waals surface area contributed by atoms with Crippen LogP contribution in [-0.4, -0.2) is 12.7 Å². The third kappa shape index (κ3) is 2.79. The van der Waals surface area contributed by atoms with Gasteiger partial charge in [-0.25, -0.2) is 8.78 Å². The average Bonchev–Trinajstić information content (AvgIpc) is 2.90. The zero-order valence-corrected chi connectivity index (χ0v) is 10.9. The summed E-state index contributed by atoms with van der Waals surface area (Å²) < 4.78 is 37.2. The topological polar surface area (TPSA) is 47.6 Å². The van der Waals surface area contributed by atoms with Crippen LogP contribution in [0.1, 0.15) is 5.56 Å². The van der Waals surface area contributed by atoms with Crippen molar-refractivity contribution < 1.29 is 23.0 Å². The van der Waals surface area contributed by atoms with Crippen molar-refractivity contribution >= 4 is 11.6 Å². The molecule has 2 aromatic rings. The summed E-state index contributed by atoms with van der Waals surface area (Å²) in [5.74, 6) is -0.974. The molecule has 3 rings (SSSR count). The number of halogens is 2. The van der Waals surface area contributed by atoms with Gasteiger partial charge in [-0.05, 0) is 29.8 Å². The number of hydrogen-bond donors (Lipinski definition) is 1. The Morgan fingerprint density at radius 1 is 1.10 bits per heavy atom. The lowest BCUT2D eigenvalue weighted by Gasteiger charge is -2.08. The van der Waals surface area contributed by atoms with Gasteiger partial charge in [-0.15, -0.1) is 0 Å². The number of fused-ring (bicyclic) bond motifs is 1. The molecule has 0 unspecified atom stereocenters. The van der Waals surface area contributed by atoms with Crippen LogP contribution in [0.4, 0.5) is 14.5 Å². The number of anilines is 1. The van der Waals surface area contributed by atoms with Crippen molar-refractivity contribution in [3.63, 3.8) is 0 Å². The second-order valence-electron chi connectivity index (χ2n) is 4.51. The number of para-hydroxylation sites is 1. The number of benzene rings is 2. The molecule has 0 spiro atoms. The van der Waals surface area contributed by atoms with Crippen LogP contribution in [0.25, 0.3) is 0 Å². The summed E-state index contributed by atoms with van der Waals surface area (Å²) in [4.78, 5) is 11.9. The Morgan fingerprint density at radius 2 is 1.81 bits per heavy atom. The molecule has 108 valence electrons. The Labute approximate surface area is 119 Å². The molecular formula is C15H11F2NO3. The van der Waals surface area contributed by atoms with Gasteiger partial charge >= 0.3 is 0 Å². The number of carbonyl (C=O) groups excluding carboxylic acids is 1. The van der Waals surface area contributed by atoms with Gasteiger partial charge < -0.3 is 14.8 Å². The van der Waals surface area contributed by atoms with Crippen molar-refractivity contribution in [1.29, 1.82) is 0 Å². The van der Waals surface area contributed by atoms with Crippen LogP contribution in [0, 0.1) is 11.6 Å². The fraction of sp³-hybridized carbons (Fsp3) is 0.133. The Bertz CT molecular complexity index is 683. The fourth-order valence-corrected chi connectivity index (χ4v) is 2.04. The lowest BCUT2D eigenvalue weighted by molar-refractivity contribution is -0.115. The van der Waals surface area contributed by atoms with Crippen LogP contribution in [0.15, 0.2) is 36.4 Å². The van der Waals surface area contributed by atoms with Crippen LogP contribution >= 0.6 is 0 Å². The van der Waals surface area contributed by atoms with Gasteiger partial charge in [-0.3, -0.25) is 4.79 Å². The smallest absolute Gasteiger partial charge is 0.231 e. The van der Waals surface area contributed by atoms with E-state index in [9.17, 15) is 13.6 Å². The molecule has 1 aliphatic rings. The third-order valence-corrected chi connectivity index (χ3v) is 3.03. The van der Waals surface area contributed by atoms with Crippen LogP contribution in [0.5, 0.6) is 11.5 Å². The molecule has 0 fully saturated rings. The van der Waals surface area contributed by atoms with E-state index in [2.05, 4.69) is 5.32 Å². The zero-order valence-electron chi connectivity index (χ0n) is 10.9. The molecule has 1 aliphatic heterocycles. The molecule has 0 radical (unpaired) electrons. The summed E-state index contributed by atoms with van der Waals surface area (Å²) >= 11 is 0. The average molecular weight is 291 g/mol. The number of carbonyl (C=O) groups is 1. The van der Waals surface area contributed by atoms with E-state index in [4.69, 9.17) is 9.47 Å². The monoisotopic (exact) mass is 291 g/mol. The highest BCUT2D eigenvalue weighted by atomic mass is 19.1. The predicted molar refractivity (Wildman–Crippen MR) is 71.3 cm³/mol. The van der Waals surface area contributed by atoms with E-state index < -0.39 is 23.2 Å². The summed E-state index contributed by atoms with van der Waals surface area (Å²) in [6.07, 6.45) is -0.0234. The first kappa shape index (κ1) is 13.4. The fourth-order valence-electron chi connectivity index (χ4n) is 2.04. The van der Waals surface area contributed by atoms with Crippen molar-refractivity contribution in [2.45, 2.75) is 6.42 Å². The lowest BCUT2D eigenvalue weighted by atomic mass is 10.1. The van der Waals surface area contributed by atoms with E-state index in [0.29, 0.717) is 17.1 Å². The van der Waals surface area contributed by atoms with E-state index in [1.807, 2.05) is 0 Å². The minimum atomic E-state index is -0.811. The van der Waals surface area contributed by atoms with Gasteiger partial charge in [0.05, 0.1) is 6.42 Å². The molecule has 1 heterocycles. The van der Waals surface area contributed by atoms with Crippen LogP contribution in [0.2, 0.25) is 0 Å². The normalized spacial score (nSPS) is 12.3. The highest BCUT2D eigenvalue weighted by Gasteiger charge is 2.16. The van der Waals surface area contributed by atoms with Gasteiger partial charge in [0.15, 0.2) is 11.5 Å². The van der Waals surface area contributed by atoms with E-state index >= 15 is 0 Å². The van der Waals surface area contributed by atoms with Gasteiger partial charge in [-0.2, -0.15) is 0 Å². The highest BCUT2D eigenvalue weighted by molar-refractivity contribution is 5.92. The van der Waals surface area contributed by atoms with Crippen molar-refractivity contribution in [3.05, 3.63) is 53.6 Å². The SMILES string of the molecule is O=C(Cc1ccc2c(c1)OCO2)Nc1c(F)cccc1F. The van der Waals surface area contributed by atoms with E-state index in [1.54, 1.807) is 18.2 Å². The molecular weight excluding hydrogens is 280 g/mol. The van der Waals surface area contributed by atoms with Gasteiger partial charge in [0, 0.05) is 0 Å². The van der Waals surface area contributed by atoms with E-state index in [-0.39, 0.29) is 13.2 Å². The summed E-state index contributed by atoms with van der Waals surface area (Å²) in [5.41, 5.74) is 0.219. The molecule has 0 aliphatic carbocycles. The number of nitrogens with one attached hydrogen (secondary N) is 1. The number of amides is 1. The summed E-state index contributed by atoms with van der Waals surface area (Å²) in [6, 6.07) is 8.45. The molecule has 6 heteroatoms. The Kier molecular flexibility index (Phi) is 3.43. The molecule has 0 atom stereocenters. The maximum Gasteiger partial charge on any atom is 0.231 e. The van der Waals surface area contributed by atoms with Gasteiger partial charge in [0.1, 0.15) is 17.3 Å². The summed E-state index contributed by atoms with van der Waals surface area (Å²) in [7, 11) is 0. The van der Waals surface area contributed by atoms with Crippen LogP contribution < -0.4 is 14.8 Å². The summed E-state index contributed by atoms with van der Waals surface area (Å²) in [6.45, 7) is 0.144. The van der Waals surface area contributed by atoms with E-state index in [1.165, 1.54) is 6.07 Å². The maximum atomic E-state index is 13.4. The first-order valence-electron chi connectivity index (χ1n) is 6.26. The molecule has 4 nitrogen and oxygen atoms in total. The maximum absolute atomic E-state index is 13.4. The van der Waals surface area contributed by atoms with Gasteiger partial charge in [0.25, 0.3) is 0 Å². The number of hydrogen-bond acceptors (Lipinski definition) is 3.